The second-order valence-corrected chi connectivity index (χ2v) is 9.07. The molecule has 2 saturated heterocycles. The first-order chi connectivity index (χ1) is 15.7. The minimum Gasteiger partial charge on any atom is -0.495 e. The van der Waals surface area contributed by atoms with Crippen molar-refractivity contribution in [2.45, 2.75) is 38.0 Å². The lowest BCUT2D eigenvalue weighted by molar-refractivity contribution is -0.131. The lowest BCUT2D eigenvalue weighted by Gasteiger charge is -2.38. The third kappa shape index (κ3) is 5.83. The number of hydrogen-bond donors (Lipinski definition) is 0. The largest absolute Gasteiger partial charge is 0.495 e. The van der Waals surface area contributed by atoms with Gasteiger partial charge in [-0.15, -0.1) is 0 Å². The summed E-state index contributed by atoms with van der Waals surface area (Å²) >= 11 is 0. The van der Waals surface area contributed by atoms with Crippen molar-refractivity contribution in [2.24, 2.45) is 0 Å². The molecule has 2 aliphatic rings. The number of piperazine rings is 1. The molecule has 0 N–H and O–H groups in total. The molecule has 2 heterocycles. The van der Waals surface area contributed by atoms with Gasteiger partial charge in [0.1, 0.15) is 5.75 Å². The van der Waals surface area contributed by atoms with E-state index in [1.165, 1.54) is 24.1 Å². The normalized spacial score (nSPS) is 18.8. The van der Waals surface area contributed by atoms with E-state index in [9.17, 15) is 4.79 Å². The van der Waals surface area contributed by atoms with Crippen LogP contribution in [0.1, 0.15) is 43.6 Å². The van der Waals surface area contributed by atoms with E-state index in [1.54, 1.807) is 7.11 Å². The zero-order valence-electron chi connectivity index (χ0n) is 19.4. The second kappa shape index (κ2) is 11.4. The molecule has 1 atom stereocenters. The van der Waals surface area contributed by atoms with Gasteiger partial charge < -0.3 is 14.5 Å². The number of para-hydroxylation sites is 2. The molecule has 2 aromatic carbocycles. The van der Waals surface area contributed by atoms with E-state index in [0.717, 1.165) is 64.4 Å². The summed E-state index contributed by atoms with van der Waals surface area (Å²) in [5, 5.41) is 0. The van der Waals surface area contributed by atoms with Crippen molar-refractivity contribution in [3.05, 3.63) is 60.2 Å². The fourth-order valence-corrected chi connectivity index (χ4v) is 5.05. The number of carbonyl (C=O) groups excluding carboxylic acids is 1. The van der Waals surface area contributed by atoms with Crippen LogP contribution in [-0.4, -0.2) is 68.6 Å². The molecule has 1 amide bonds. The number of nitrogens with zero attached hydrogens (tertiary/aromatic N) is 3. The Morgan fingerprint density at radius 2 is 1.50 bits per heavy atom. The molecular weight excluding hydrogens is 398 g/mol. The number of ether oxygens (including phenoxy) is 1. The fraction of sp³-hybridized carbons (Fsp3) is 0.519. The monoisotopic (exact) mass is 435 g/mol. The topological polar surface area (TPSA) is 36.0 Å². The third-order valence-corrected chi connectivity index (χ3v) is 6.93. The highest BCUT2D eigenvalue weighted by atomic mass is 16.5. The average molecular weight is 436 g/mol. The highest BCUT2D eigenvalue weighted by Crippen LogP contribution is 2.29. The van der Waals surface area contributed by atoms with Gasteiger partial charge in [0.2, 0.25) is 5.91 Å². The van der Waals surface area contributed by atoms with E-state index in [0.29, 0.717) is 12.3 Å². The van der Waals surface area contributed by atoms with E-state index in [-0.39, 0.29) is 5.92 Å². The summed E-state index contributed by atoms with van der Waals surface area (Å²) in [6.07, 6.45) is 5.40. The van der Waals surface area contributed by atoms with Gasteiger partial charge in [0.15, 0.2) is 0 Å². The van der Waals surface area contributed by atoms with Crippen LogP contribution in [0.4, 0.5) is 5.69 Å². The SMILES string of the molecule is COc1ccccc1N1CCN(CC(CC(=O)N2CCCCCC2)c2ccccc2)CC1. The van der Waals surface area contributed by atoms with Crippen LogP contribution in [0, 0.1) is 0 Å². The Bertz CT molecular complexity index is 841. The van der Waals surface area contributed by atoms with Crippen molar-refractivity contribution >= 4 is 11.6 Å². The summed E-state index contributed by atoms with van der Waals surface area (Å²) in [6.45, 7) is 6.74. The zero-order valence-corrected chi connectivity index (χ0v) is 19.4. The molecule has 5 nitrogen and oxygen atoms in total. The number of carbonyl (C=O) groups is 1. The summed E-state index contributed by atoms with van der Waals surface area (Å²) in [7, 11) is 1.74. The molecule has 2 aliphatic heterocycles. The first kappa shape index (κ1) is 22.7. The second-order valence-electron chi connectivity index (χ2n) is 9.07. The van der Waals surface area contributed by atoms with Gasteiger partial charge in [-0.3, -0.25) is 9.69 Å². The Morgan fingerprint density at radius 1 is 0.844 bits per heavy atom. The molecule has 5 heteroatoms. The molecule has 1 unspecified atom stereocenters. The summed E-state index contributed by atoms with van der Waals surface area (Å²) in [6, 6.07) is 18.9. The molecule has 172 valence electrons. The molecule has 4 rings (SSSR count). The molecule has 0 radical (unpaired) electrons. The van der Waals surface area contributed by atoms with E-state index in [4.69, 9.17) is 4.74 Å². The third-order valence-electron chi connectivity index (χ3n) is 6.93. The summed E-state index contributed by atoms with van der Waals surface area (Å²) < 4.78 is 5.56. The molecule has 0 aromatic heterocycles. The molecule has 2 fully saturated rings. The van der Waals surface area contributed by atoms with Gasteiger partial charge in [-0.05, 0) is 30.5 Å². The molecule has 32 heavy (non-hydrogen) atoms. The van der Waals surface area contributed by atoms with Crippen LogP contribution in [0.5, 0.6) is 5.75 Å². The number of benzene rings is 2. The van der Waals surface area contributed by atoms with Crippen LogP contribution in [-0.2, 0) is 4.79 Å². The van der Waals surface area contributed by atoms with Gasteiger partial charge in [0.25, 0.3) is 0 Å². The molecule has 0 saturated carbocycles. The van der Waals surface area contributed by atoms with Crippen molar-refractivity contribution < 1.29 is 9.53 Å². The maximum Gasteiger partial charge on any atom is 0.223 e. The molecule has 0 bridgehead atoms. The Morgan fingerprint density at radius 3 is 2.19 bits per heavy atom. The van der Waals surface area contributed by atoms with Crippen molar-refractivity contribution in [3.8, 4) is 5.75 Å². The van der Waals surface area contributed by atoms with Crippen molar-refractivity contribution in [2.75, 3.05) is 57.8 Å². The Kier molecular flexibility index (Phi) is 8.05. The maximum atomic E-state index is 13.2. The molecule has 2 aromatic rings. The van der Waals surface area contributed by atoms with E-state index in [2.05, 4.69) is 57.2 Å². The molecular formula is C27H37N3O2. The van der Waals surface area contributed by atoms with Crippen LogP contribution >= 0.6 is 0 Å². The highest BCUT2D eigenvalue weighted by molar-refractivity contribution is 5.77. The smallest absolute Gasteiger partial charge is 0.223 e. The van der Waals surface area contributed by atoms with Crippen molar-refractivity contribution in [1.82, 2.24) is 9.80 Å². The zero-order chi connectivity index (χ0) is 22.2. The number of likely N-dealkylation sites (tertiary alicyclic amines) is 1. The van der Waals surface area contributed by atoms with Crippen LogP contribution < -0.4 is 9.64 Å². The minimum absolute atomic E-state index is 0.241. The first-order valence-corrected chi connectivity index (χ1v) is 12.2. The summed E-state index contributed by atoms with van der Waals surface area (Å²) in [5.41, 5.74) is 2.45. The Labute approximate surface area is 193 Å². The predicted octanol–water partition coefficient (Wildman–Crippen LogP) is 4.39. The maximum absolute atomic E-state index is 13.2. The number of amides is 1. The lowest BCUT2D eigenvalue weighted by Crippen LogP contribution is -2.48. The van der Waals surface area contributed by atoms with Gasteiger partial charge in [0, 0.05) is 58.2 Å². The van der Waals surface area contributed by atoms with Gasteiger partial charge in [-0.2, -0.15) is 0 Å². The molecule has 0 spiro atoms. The number of rotatable bonds is 7. The number of methoxy groups -OCH3 is 1. The van der Waals surface area contributed by atoms with Crippen LogP contribution in [0.25, 0.3) is 0 Å². The van der Waals surface area contributed by atoms with Gasteiger partial charge in [-0.1, -0.05) is 55.3 Å². The number of anilines is 1. The molecule has 0 aliphatic carbocycles. The van der Waals surface area contributed by atoms with Gasteiger partial charge >= 0.3 is 0 Å². The van der Waals surface area contributed by atoms with Crippen molar-refractivity contribution in [3.63, 3.8) is 0 Å². The fourth-order valence-electron chi connectivity index (χ4n) is 5.05. The van der Waals surface area contributed by atoms with Crippen LogP contribution in [0.15, 0.2) is 54.6 Å². The van der Waals surface area contributed by atoms with E-state index >= 15 is 0 Å². The first-order valence-electron chi connectivity index (χ1n) is 12.2. The lowest BCUT2D eigenvalue weighted by atomic mass is 9.94. The standard InChI is InChI=1S/C27H37N3O2/c1-32-26-14-8-7-13-25(26)29-19-17-28(18-20-29)22-24(23-11-5-4-6-12-23)21-27(31)30-15-9-2-3-10-16-30/h4-8,11-14,24H,2-3,9-10,15-22H2,1H3. The van der Waals surface area contributed by atoms with Crippen LogP contribution in [0.3, 0.4) is 0 Å². The predicted molar refractivity (Wildman–Crippen MR) is 130 cm³/mol. The Balaban J connectivity index is 1.39. The average Bonchev–Trinajstić information content (AvgIpc) is 3.14. The Hall–Kier alpha value is -2.53. The van der Waals surface area contributed by atoms with Gasteiger partial charge in [0.05, 0.1) is 12.8 Å². The summed E-state index contributed by atoms with van der Waals surface area (Å²) in [5.74, 6) is 1.50. The minimum atomic E-state index is 0.241. The van der Waals surface area contributed by atoms with Crippen molar-refractivity contribution in [1.29, 1.82) is 0 Å². The van der Waals surface area contributed by atoms with E-state index in [1.807, 2.05) is 12.1 Å². The number of hydrogen-bond acceptors (Lipinski definition) is 4. The summed E-state index contributed by atoms with van der Waals surface area (Å²) in [4.78, 5) is 20.2. The van der Waals surface area contributed by atoms with E-state index < -0.39 is 0 Å². The van der Waals surface area contributed by atoms with Gasteiger partial charge in [-0.25, -0.2) is 0 Å². The quantitative estimate of drug-likeness (QED) is 0.646. The highest BCUT2D eigenvalue weighted by Gasteiger charge is 2.26. The van der Waals surface area contributed by atoms with Crippen LogP contribution in [0.2, 0.25) is 0 Å².